The maximum Gasteiger partial charge on any atom is 0.407 e. The zero-order valence-electron chi connectivity index (χ0n) is 20.6. The number of ether oxygens (including phenoxy) is 2. The van der Waals surface area contributed by atoms with Gasteiger partial charge >= 0.3 is 12.1 Å². The van der Waals surface area contributed by atoms with Crippen molar-refractivity contribution in [1.82, 2.24) is 21.3 Å². The number of carbonyl (C=O) groups excluding carboxylic acids is 5. The van der Waals surface area contributed by atoms with Gasteiger partial charge in [0.25, 0.3) is 0 Å². The van der Waals surface area contributed by atoms with Crippen LogP contribution in [-0.2, 0) is 35.3 Å². The molecule has 0 spiro atoms. The molecule has 0 atom stereocenters. The minimum Gasteiger partial charge on any atom is -0.459 e. The molecule has 0 aromatic heterocycles. The molecule has 0 fully saturated rings. The smallest absolute Gasteiger partial charge is 0.407 e. The molecular weight excluding hydrogens is 456 g/mol. The van der Waals surface area contributed by atoms with E-state index in [9.17, 15) is 24.0 Å². The van der Waals surface area contributed by atoms with Crippen LogP contribution >= 0.6 is 0 Å². The number of alkyl carbamates (subject to hydrolysis) is 1. The fraction of sp³-hybridized carbons (Fsp3) is 0.542. The van der Waals surface area contributed by atoms with Gasteiger partial charge in [0.05, 0.1) is 6.54 Å². The van der Waals surface area contributed by atoms with E-state index in [0.717, 1.165) is 5.56 Å². The molecule has 35 heavy (non-hydrogen) atoms. The molecule has 0 bridgehead atoms. The van der Waals surface area contributed by atoms with Crippen LogP contribution in [0.5, 0.6) is 0 Å². The first-order chi connectivity index (χ1) is 16.5. The first-order valence-corrected chi connectivity index (χ1v) is 11.5. The Balaban J connectivity index is 2.00. The Morgan fingerprint density at radius 1 is 0.743 bits per heavy atom. The lowest BCUT2D eigenvalue weighted by Gasteiger charge is -2.19. The third-order valence-electron chi connectivity index (χ3n) is 4.26. The highest BCUT2D eigenvalue weighted by atomic mass is 16.6. The summed E-state index contributed by atoms with van der Waals surface area (Å²) in [5.41, 5.74) is 0.246. The van der Waals surface area contributed by atoms with E-state index in [1.54, 1.807) is 20.8 Å². The van der Waals surface area contributed by atoms with Crippen LogP contribution in [0.2, 0.25) is 0 Å². The molecule has 11 nitrogen and oxygen atoms in total. The highest BCUT2D eigenvalue weighted by molar-refractivity contribution is 5.87. The van der Waals surface area contributed by atoms with E-state index in [1.807, 2.05) is 30.3 Å². The molecule has 0 heterocycles. The topological polar surface area (TPSA) is 152 Å². The SMILES string of the molecule is CC(C)(C)OC(=O)CNC(=O)CNC(=O)CCCNC(=O)CCCNC(=O)OCc1ccccc1. The summed E-state index contributed by atoms with van der Waals surface area (Å²) in [5, 5.41) is 10.1. The van der Waals surface area contributed by atoms with Gasteiger partial charge in [-0.05, 0) is 39.2 Å². The Bertz CT molecular complexity index is 838. The number of rotatable bonds is 14. The average molecular weight is 493 g/mol. The molecule has 0 saturated carbocycles. The number of hydrogen-bond donors (Lipinski definition) is 4. The lowest BCUT2D eigenvalue weighted by atomic mass is 10.2. The Morgan fingerprint density at radius 3 is 1.94 bits per heavy atom. The van der Waals surface area contributed by atoms with Gasteiger partial charge in [-0.3, -0.25) is 19.2 Å². The van der Waals surface area contributed by atoms with Crippen LogP contribution in [0.4, 0.5) is 4.79 Å². The van der Waals surface area contributed by atoms with Crippen molar-refractivity contribution < 1.29 is 33.4 Å². The van der Waals surface area contributed by atoms with Crippen molar-refractivity contribution in [3.63, 3.8) is 0 Å². The van der Waals surface area contributed by atoms with Gasteiger partial charge in [0.2, 0.25) is 17.7 Å². The monoisotopic (exact) mass is 492 g/mol. The van der Waals surface area contributed by atoms with E-state index in [2.05, 4.69) is 21.3 Å². The molecule has 0 aliphatic heterocycles. The van der Waals surface area contributed by atoms with Gasteiger partial charge in [-0.2, -0.15) is 0 Å². The third-order valence-corrected chi connectivity index (χ3v) is 4.26. The van der Waals surface area contributed by atoms with Crippen LogP contribution in [-0.4, -0.2) is 61.6 Å². The number of nitrogens with one attached hydrogen (secondary N) is 4. The summed E-state index contributed by atoms with van der Waals surface area (Å²) in [6.45, 7) is 5.43. The van der Waals surface area contributed by atoms with Crippen LogP contribution in [0, 0.1) is 0 Å². The van der Waals surface area contributed by atoms with Crippen LogP contribution in [0.15, 0.2) is 30.3 Å². The number of carbonyl (C=O) groups is 5. The van der Waals surface area contributed by atoms with Crippen molar-refractivity contribution in [2.75, 3.05) is 26.2 Å². The predicted octanol–water partition coefficient (Wildman–Crippen LogP) is 1.16. The molecule has 194 valence electrons. The van der Waals surface area contributed by atoms with Crippen molar-refractivity contribution in [3.05, 3.63) is 35.9 Å². The predicted molar refractivity (Wildman–Crippen MR) is 128 cm³/mol. The lowest BCUT2D eigenvalue weighted by molar-refractivity contribution is -0.154. The molecule has 11 heteroatoms. The van der Waals surface area contributed by atoms with Gasteiger partial charge < -0.3 is 30.7 Å². The zero-order valence-corrected chi connectivity index (χ0v) is 20.6. The van der Waals surface area contributed by atoms with Gasteiger partial charge in [-0.25, -0.2) is 4.79 Å². The molecule has 4 amide bonds. The highest BCUT2D eigenvalue weighted by Crippen LogP contribution is 2.06. The molecule has 0 aliphatic carbocycles. The van der Waals surface area contributed by atoms with Gasteiger partial charge in [0.15, 0.2) is 0 Å². The summed E-state index contributed by atoms with van der Waals surface area (Å²) < 4.78 is 10.1. The van der Waals surface area contributed by atoms with E-state index in [0.29, 0.717) is 25.9 Å². The second kappa shape index (κ2) is 16.1. The minimum absolute atomic E-state index is 0.133. The lowest BCUT2D eigenvalue weighted by Crippen LogP contribution is -2.40. The fourth-order valence-corrected chi connectivity index (χ4v) is 2.66. The standard InChI is InChI=1S/C24H36N4O7/c1-24(2,3)35-22(32)16-28-21(31)15-27-20(30)12-7-13-25-19(29)11-8-14-26-23(33)34-17-18-9-5-4-6-10-18/h4-6,9-10H,7-8,11-17H2,1-3H3,(H,25,29)(H,26,33)(H,27,30)(H,28,31). The average Bonchev–Trinajstić information content (AvgIpc) is 2.80. The number of benzene rings is 1. The number of amides is 4. The van der Waals surface area contributed by atoms with E-state index in [1.165, 1.54) is 0 Å². The highest BCUT2D eigenvalue weighted by Gasteiger charge is 2.16. The molecule has 4 N–H and O–H groups in total. The second-order valence-corrected chi connectivity index (χ2v) is 8.69. The first-order valence-electron chi connectivity index (χ1n) is 11.5. The third kappa shape index (κ3) is 16.6. The molecule has 1 aromatic rings. The molecule has 1 aromatic carbocycles. The van der Waals surface area contributed by atoms with E-state index in [-0.39, 0.29) is 44.4 Å². The van der Waals surface area contributed by atoms with E-state index < -0.39 is 23.6 Å². The Hall–Kier alpha value is -3.63. The normalized spacial score (nSPS) is 10.6. The largest absolute Gasteiger partial charge is 0.459 e. The van der Waals surface area contributed by atoms with Crippen molar-refractivity contribution in [1.29, 1.82) is 0 Å². The first kappa shape index (κ1) is 29.4. The van der Waals surface area contributed by atoms with Gasteiger partial charge in [-0.15, -0.1) is 0 Å². The van der Waals surface area contributed by atoms with Crippen LogP contribution < -0.4 is 21.3 Å². The van der Waals surface area contributed by atoms with E-state index in [4.69, 9.17) is 9.47 Å². The maximum absolute atomic E-state index is 11.8. The van der Waals surface area contributed by atoms with E-state index >= 15 is 0 Å². The summed E-state index contributed by atoms with van der Waals surface area (Å²) in [7, 11) is 0. The molecule has 1 rings (SSSR count). The molecular formula is C24H36N4O7. The Morgan fingerprint density at radius 2 is 1.31 bits per heavy atom. The summed E-state index contributed by atoms with van der Waals surface area (Å²) in [5.74, 6) is -1.60. The van der Waals surface area contributed by atoms with Crippen molar-refractivity contribution >= 4 is 29.8 Å². The molecule has 0 unspecified atom stereocenters. The minimum atomic E-state index is -0.640. The summed E-state index contributed by atoms with van der Waals surface area (Å²) in [6.07, 6.45) is 0.669. The molecule has 0 aliphatic rings. The molecule has 0 radical (unpaired) electrons. The van der Waals surface area contributed by atoms with Crippen LogP contribution in [0.25, 0.3) is 0 Å². The summed E-state index contributed by atoms with van der Waals surface area (Å²) >= 11 is 0. The van der Waals surface area contributed by atoms with Gasteiger partial charge in [-0.1, -0.05) is 30.3 Å². The number of esters is 1. The van der Waals surface area contributed by atoms with Crippen molar-refractivity contribution in [2.45, 2.75) is 58.7 Å². The summed E-state index contributed by atoms with van der Waals surface area (Å²) in [6, 6.07) is 9.30. The zero-order chi connectivity index (χ0) is 26.1. The quantitative estimate of drug-likeness (QED) is 0.225. The summed E-state index contributed by atoms with van der Waals surface area (Å²) in [4.78, 5) is 58.5. The maximum atomic E-state index is 11.8. The van der Waals surface area contributed by atoms with Crippen LogP contribution in [0.3, 0.4) is 0 Å². The Kier molecular flexibility index (Phi) is 13.5. The second-order valence-electron chi connectivity index (χ2n) is 8.69. The van der Waals surface area contributed by atoms with Gasteiger partial charge in [0, 0.05) is 25.9 Å². The number of hydrogen-bond acceptors (Lipinski definition) is 7. The van der Waals surface area contributed by atoms with Gasteiger partial charge in [0.1, 0.15) is 18.8 Å². The Labute approximate surface area is 205 Å². The van der Waals surface area contributed by atoms with Crippen molar-refractivity contribution in [2.24, 2.45) is 0 Å². The molecule has 0 saturated heterocycles. The fourth-order valence-electron chi connectivity index (χ4n) is 2.66. The van der Waals surface area contributed by atoms with Crippen molar-refractivity contribution in [3.8, 4) is 0 Å². The van der Waals surface area contributed by atoms with Crippen LogP contribution in [0.1, 0.15) is 52.0 Å².